The number of amides is 1. The average molecular weight is 413 g/mol. The highest BCUT2D eigenvalue weighted by Crippen LogP contribution is 2.49. The first-order chi connectivity index (χ1) is 14.0. The summed E-state index contributed by atoms with van der Waals surface area (Å²) < 4.78 is 27.7. The van der Waals surface area contributed by atoms with E-state index in [-0.39, 0.29) is 5.91 Å². The molecule has 0 N–H and O–H groups in total. The minimum atomic E-state index is -3.54. The Hall–Kier alpha value is -1.92. The van der Waals surface area contributed by atoms with Crippen LogP contribution in [0.25, 0.3) is 10.8 Å². The largest absolute Gasteiger partial charge is 0.340 e. The number of carbonyl (C=O) groups is 1. The fourth-order valence-electron chi connectivity index (χ4n) is 5.63. The van der Waals surface area contributed by atoms with Gasteiger partial charge in [-0.1, -0.05) is 36.8 Å². The standard InChI is InChI=1S/C23H28N2O3S/c26-23(16-21-14-17-5-6-20(21)13-17)24-9-11-25(12-10-24)29(27,28)22-8-7-18-3-1-2-4-19(18)15-22/h1-4,7-8,15,17,20-21H,5-6,9-14,16H2/t17-,20+,21+/m0/s1. The van der Waals surface area contributed by atoms with E-state index in [1.807, 2.05) is 35.2 Å². The van der Waals surface area contributed by atoms with Crippen molar-refractivity contribution in [2.45, 2.75) is 37.0 Å². The molecule has 2 saturated carbocycles. The molecule has 0 radical (unpaired) electrons. The zero-order chi connectivity index (χ0) is 20.0. The SMILES string of the molecule is O=C(C[C@H]1C[C@H]2CC[C@@H]1C2)N1CCN(S(=O)(=O)c2ccc3ccccc3c2)CC1. The maximum atomic E-state index is 13.1. The Morgan fingerprint density at radius 1 is 0.931 bits per heavy atom. The van der Waals surface area contributed by atoms with Gasteiger partial charge in [-0.15, -0.1) is 0 Å². The summed E-state index contributed by atoms with van der Waals surface area (Å²) in [4.78, 5) is 15.0. The van der Waals surface area contributed by atoms with Crippen LogP contribution in [0.3, 0.4) is 0 Å². The van der Waals surface area contributed by atoms with Crippen molar-refractivity contribution in [2.75, 3.05) is 26.2 Å². The van der Waals surface area contributed by atoms with Crippen molar-refractivity contribution in [3.05, 3.63) is 42.5 Å². The molecule has 5 rings (SSSR count). The number of piperazine rings is 1. The Morgan fingerprint density at radius 2 is 1.69 bits per heavy atom. The molecule has 2 bridgehead atoms. The lowest BCUT2D eigenvalue weighted by Crippen LogP contribution is -2.50. The Labute approximate surface area is 172 Å². The molecule has 1 saturated heterocycles. The molecule has 2 aliphatic carbocycles. The zero-order valence-electron chi connectivity index (χ0n) is 16.7. The zero-order valence-corrected chi connectivity index (χ0v) is 17.5. The lowest BCUT2D eigenvalue weighted by atomic mass is 9.86. The van der Waals surface area contributed by atoms with Crippen molar-refractivity contribution in [3.8, 4) is 0 Å². The van der Waals surface area contributed by atoms with Crippen LogP contribution >= 0.6 is 0 Å². The molecule has 2 aromatic rings. The monoisotopic (exact) mass is 412 g/mol. The second-order valence-electron chi connectivity index (χ2n) is 8.93. The average Bonchev–Trinajstić information content (AvgIpc) is 3.36. The smallest absolute Gasteiger partial charge is 0.243 e. The van der Waals surface area contributed by atoms with E-state index >= 15 is 0 Å². The molecule has 0 spiro atoms. The Bertz CT molecular complexity index is 1030. The molecule has 3 aliphatic rings. The van der Waals surface area contributed by atoms with E-state index in [9.17, 15) is 13.2 Å². The molecule has 29 heavy (non-hydrogen) atoms. The highest BCUT2D eigenvalue weighted by Gasteiger charge is 2.41. The van der Waals surface area contributed by atoms with Crippen molar-refractivity contribution >= 4 is 26.7 Å². The highest BCUT2D eigenvalue weighted by atomic mass is 32.2. The molecule has 3 atom stereocenters. The maximum absolute atomic E-state index is 13.1. The fraction of sp³-hybridized carbons (Fsp3) is 0.522. The third kappa shape index (κ3) is 3.57. The summed E-state index contributed by atoms with van der Waals surface area (Å²) in [7, 11) is -3.54. The van der Waals surface area contributed by atoms with Crippen LogP contribution in [0, 0.1) is 17.8 Å². The second-order valence-corrected chi connectivity index (χ2v) is 10.9. The topological polar surface area (TPSA) is 57.7 Å². The van der Waals surface area contributed by atoms with Crippen LogP contribution in [0.4, 0.5) is 0 Å². The van der Waals surface area contributed by atoms with Crippen molar-refractivity contribution < 1.29 is 13.2 Å². The van der Waals surface area contributed by atoms with Gasteiger partial charge in [-0.3, -0.25) is 4.79 Å². The molecule has 5 nitrogen and oxygen atoms in total. The van der Waals surface area contributed by atoms with Crippen LogP contribution < -0.4 is 0 Å². The van der Waals surface area contributed by atoms with Gasteiger partial charge in [0.2, 0.25) is 15.9 Å². The molecule has 1 aliphatic heterocycles. The van der Waals surface area contributed by atoms with Crippen LogP contribution in [0.5, 0.6) is 0 Å². The van der Waals surface area contributed by atoms with Gasteiger partial charge in [0, 0.05) is 32.6 Å². The fourth-order valence-corrected chi connectivity index (χ4v) is 7.09. The molecule has 154 valence electrons. The van der Waals surface area contributed by atoms with Crippen molar-refractivity contribution in [3.63, 3.8) is 0 Å². The molecule has 3 fully saturated rings. The second kappa shape index (κ2) is 7.40. The van der Waals surface area contributed by atoms with Crippen molar-refractivity contribution in [1.82, 2.24) is 9.21 Å². The van der Waals surface area contributed by atoms with Crippen LogP contribution in [-0.2, 0) is 14.8 Å². The minimum Gasteiger partial charge on any atom is -0.340 e. The molecular weight excluding hydrogens is 384 g/mol. The van der Waals surface area contributed by atoms with Gasteiger partial charge >= 0.3 is 0 Å². The third-order valence-electron chi connectivity index (χ3n) is 7.27. The number of carbonyl (C=O) groups excluding carboxylic acids is 1. The lowest BCUT2D eigenvalue weighted by molar-refractivity contribution is -0.133. The lowest BCUT2D eigenvalue weighted by Gasteiger charge is -2.35. The van der Waals surface area contributed by atoms with E-state index in [2.05, 4.69) is 0 Å². The molecule has 0 aromatic heterocycles. The number of rotatable bonds is 4. The number of hydrogen-bond donors (Lipinski definition) is 0. The van der Waals surface area contributed by atoms with Gasteiger partial charge in [-0.05, 0) is 59.9 Å². The summed E-state index contributed by atoms with van der Waals surface area (Å²) in [5.41, 5.74) is 0. The molecule has 0 unspecified atom stereocenters. The van der Waals surface area contributed by atoms with E-state index in [0.29, 0.717) is 43.4 Å². The van der Waals surface area contributed by atoms with Gasteiger partial charge in [0.1, 0.15) is 0 Å². The summed E-state index contributed by atoms with van der Waals surface area (Å²) in [5, 5.41) is 1.95. The maximum Gasteiger partial charge on any atom is 0.243 e. The summed E-state index contributed by atoms with van der Waals surface area (Å²) in [6.07, 6.45) is 5.82. The minimum absolute atomic E-state index is 0.213. The van der Waals surface area contributed by atoms with Gasteiger partial charge in [-0.25, -0.2) is 8.42 Å². The first-order valence-corrected chi connectivity index (χ1v) is 12.2. The van der Waals surface area contributed by atoms with Gasteiger partial charge in [0.15, 0.2) is 0 Å². The quantitative estimate of drug-likeness (QED) is 0.772. The van der Waals surface area contributed by atoms with Gasteiger partial charge in [0.25, 0.3) is 0 Å². The van der Waals surface area contributed by atoms with E-state index in [0.717, 1.165) is 22.6 Å². The summed E-state index contributed by atoms with van der Waals surface area (Å²) >= 11 is 0. The number of benzene rings is 2. The number of fused-ring (bicyclic) bond motifs is 3. The highest BCUT2D eigenvalue weighted by molar-refractivity contribution is 7.89. The van der Waals surface area contributed by atoms with Gasteiger partial charge < -0.3 is 4.90 Å². The van der Waals surface area contributed by atoms with Gasteiger partial charge in [-0.2, -0.15) is 4.31 Å². The van der Waals surface area contributed by atoms with Crippen LogP contribution in [0.1, 0.15) is 32.1 Å². The van der Waals surface area contributed by atoms with E-state index in [1.165, 1.54) is 30.0 Å². The summed E-state index contributed by atoms with van der Waals surface area (Å²) in [5.74, 6) is 2.37. The summed E-state index contributed by atoms with van der Waals surface area (Å²) in [6, 6.07) is 13.1. The van der Waals surface area contributed by atoms with E-state index < -0.39 is 10.0 Å². The molecule has 2 aromatic carbocycles. The molecule has 6 heteroatoms. The third-order valence-corrected chi connectivity index (χ3v) is 9.17. The molecular formula is C23H28N2O3S. The predicted octanol–water partition coefficient (Wildman–Crippen LogP) is 3.50. The van der Waals surface area contributed by atoms with Crippen molar-refractivity contribution in [1.29, 1.82) is 0 Å². The Morgan fingerprint density at radius 3 is 2.38 bits per heavy atom. The molecule has 1 heterocycles. The van der Waals surface area contributed by atoms with Crippen LogP contribution in [0.15, 0.2) is 47.4 Å². The van der Waals surface area contributed by atoms with E-state index in [4.69, 9.17) is 0 Å². The van der Waals surface area contributed by atoms with E-state index in [1.54, 1.807) is 12.1 Å². The first-order valence-electron chi connectivity index (χ1n) is 10.8. The van der Waals surface area contributed by atoms with Gasteiger partial charge in [0.05, 0.1) is 4.90 Å². The Kier molecular flexibility index (Phi) is 4.87. The Balaban J connectivity index is 1.22. The number of nitrogens with zero attached hydrogens (tertiary/aromatic N) is 2. The summed E-state index contributed by atoms with van der Waals surface area (Å²) in [6.45, 7) is 1.73. The first kappa shape index (κ1) is 19.1. The van der Waals surface area contributed by atoms with Crippen LogP contribution in [0.2, 0.25) is 0 Å². The normalized spacial score (nSPS) is 27.6. The number of sulfonamides is 1. The number of hydrogen-bond acceptors (Lipinski definition) is 3. The van der Waals surface area contributed by atoms with Crippen molar-refractivity contribution in [2.24, 2.45) is 17.8 Å². The predicted molar refractivity (Wildman–Crippen MR) is 113 cm³/mol. The van der Waals surface area contributed by atoms with Crippen LogP contribution in [-0.4, -0.2) is 49.7 Å². The molecule has 1 amide bonds.